The van der Waals surface area contributed by atoms with Gasteiger partial charge in [0.25, 0.3) is 0 Å². The number of nitrogens with zero attached hydrogens (tertiary/aromatic N) is 2. The third-order valence-corrected chi connectivity index (χ3v) is 6.08. The fourth-order valence-electron chi connectivity index (χ4n) is 3.33. The highest BCUT2D eigenvalue weighted by Crippen LogP contribution is 2.36. The fraction of sp³-hybridized carbons (Fsp3) is 0.800. The van der Waals surface area contributed by atoms with Gasteiger partial charge in [-0.25, -0.2) is 8.42 Å². The molecule has 0 saturated heterocycles. The van der Waals surface area contributed by atoms with Crippen LogP contribution in [0.5, 0.6) is 0 Å². The molecule has 1 heterocycles. The quantitative estimate of drug-likeness (QED) is 0.873. The normalized spacial score (nSPS) is 24.9. The van der Waals surface area contributed by atoms with Crippen molar-refractivity contribution < 1.29 is 8.42 Å². The highest BCUT2D eigenvalue weighted by molar-refractivity contribution is 7.91. The molecule has 2 rings (SSSR count). The van der Waals surface area contributed by atoms with E-state index in [-0.39, 0.29) is 11.3 Å². The van der Waals surface area contributed by atoms with Crippen LogP contribution in [-0.2, 0) is 16.9 Å². The van der Waals surface area contributed by atoms with E-state index in [2.05, 4.69) is 17.3 Å². The minimum Gasteiger partial charge on any atom is -0.310 e. The SMILES string of the molecule is CCCNC(c1cnn(C)c1)C1CCCC(S(C)(=O)=O)C1. The van der Waals surface area contributed by atoms with Crippen LogP contribution >= 0.6 is 0 Å². The summed E-state index contributed by atoms with van der Waals surface area (Å²) in [6, 6.07) is 0.211. The van der Waals surface area contributed by atoms with Crippen LogP contribution in [0.25, 0.3) is 0 Å². The monoisotopic (exact) mass is 313 g/mol. The lowest BCUT2D eigenvalue weighted by Crippen LogP contribution is -2.35. The third kappa shape index (κ3) is 4.30. The van der Waals surface area contributed by atoms with Gasteiger partial charge in [-0.2, -0.15) is 5.10 Å². The van der Waals surface area contributed by atoms with E-state index in [4.69, 9.17) is 0 Å². The van der Waals surface area contributed by atoms with Gasteiger partial charge in [0.1, 0.15) is 9.84 Å². The molecule has 3 atom stereocenters. The zero-order chi connectivity index (χ0) is 15.5. The van der Waals surface area contributed by atoms with Crippen molar-refractivity contribution in [1.82, 2.24) is 15.1 Å². The Labute approximate surface area is 128 Å². The van der Waals surface area contributed by atoms with Crippen LogP contribution in [0.4, 0.5) is 0 Å². The first kappa shape index (κ1) is 16.5. The summed E-state index contributed by atoms with van der Waals surface area (Å²) in [4.78, 5) is 0. The van der Waals surface area contributed by atoms with Gasteiger partial charge >= 0.3 is 0 Å². The topological polar surface area (TPSA) is 64.0 Å². The second kappa shape index (κ2) is 6.92. The maximum Gasteiger partial charge on any atom is 0.150 e. The standard InChI is InChI=1S/C15H27N3O2S/c1-4-8-16-15(13-10-17-18(2)11-13)12-6-5-7-14(9-12)21(3,19)20/h10-12,14-16H,4-9H2,1-3H3. The van der Waals surface area contributed by atoms with Gasteiger partial charge in [-0.1, -0.05) is 13.3 Å². The van der Waals surface area contributed by atoms with Crippen molar-refractivity contribution in [2.45, 2.75) is 50.3 Å². The molecular weight excluding hydrogens is 286 g/mol. The minimum absolute atomic E-state index is 0.182. The average molecular weight is 313 g/mol. The molecule has 1 aromatic heterocycles. The summed E-state index contributed by atoms with van der Waals surface area (Å²) in [5.41, 5.74) is 1.17. The lowest BCUT2D eigenvalue weighted by molar-refractivity contribution is 0.273. The van der Waals surface area contributed by atoms with Crippen molar-refractivity contribution in [1.29, 1.82) is 0 Å². The Morgan fingerprint density at radius 3 is 2.81 bits per heavy atom. The number of rotatable bonds is 6. The largest absolute Gasteiger partial charge is 0.310 e. The number of aryl methyl sites for hydroxylation is 1. The fourth-order valence-corrected chi connectivity index (χ4v) is 4.52. The highest BCUT2D eigenvalue weighted by atomic mass is 32.2. The van der Waals surface area contributed by atoms with Crippen molar-refractivity contribution in [2.75, 3.05) is 12.8 Å². The van der Waals surface area contributed by atoms with Crippen LogP contribution in [0.2, 0.25) is 0 Å². The summed E-state index contributed by atoms with van der Waals surface area (Å²) >= 11 is 0. The van der Waals surface area contributed by atoms with E-state index in [0.717, 1.165) is 38.6 Å². The molecule has 1 aliphatic rings. The van der Waals surface area contributed by atoms with Crippen molar-refractivity contribution in [3.63, 3.8) is 0 Å². The van der Waals surface area contributed by atoms with E-state index >= 15 is 0 Å². The molecule has 0 bridgehead atoms. The summed E-state index contributed by atoms with van der Waals surface area (Å²) in [6.45, 7) is 3.09. The van der Waals surface area contributed by atoms with Crippen LogP contribution in [0, 0.1) is 5.92 Å². The summed E-state index contributed by atoms with van der Waals surface area (Å²) in [5, 5.41) is 7.68. The first-order valence-corrected chi connectivity index (χ1v) is 9.78. The molecule has 21 heavy (non-hydrogen) atoms. The van der Waals surface area contributed by atoms with E-state index in [1.165, 1.54) is 11.8 Å². The molecule has 5 nitrogen and oxygen atoms in total. The number of sulfone groups is 1. The molecule has 1 aromatic rings. The van der Waals surface area contributed by atoms with E-state index in [1.54, 1.807) is 0 Å². The Kier molecular flexibility index (Phi) is 5.43. The zero-order valence-electron chi connectivity index (χ0n) is 13.2. The van der Waals surface area contributed by atoms with Gasteiger partial charge in [0.15, 0.2) is 0 Å². The number of hydrogen-bond donors (Lipinski definition) is 1. The maximum atomic E-state index is 11.9. The Morgan fingerprint density at radius 1 is 1.48 bits per heavy atom. The molecule has 1 N–H and O–H groups in total. The average Bonchev–Trinajstić information content (AvgIpc) is 2.85. The van der Waals surface area contributed by atoms with E-state index in [1.807, 2.05) is 24.1 Å². The maximum absolute atomic E-state index is 11.9. The van der Waals surface area contributed by atoms with Crippen LogP contribution in [0.3, 0.4) is 0 Å². The van der Waals surface area contributed by atoms with Crippen molar-refractivity contribution in [3.8, 4) is 0 Å². The van der Waals surface area contributed by atoms with Gasteiger partial charge in [0.05, 0.1) is 11.4 Å². The molecule has 3 unspecified atom stereocenters. The molecule has 6 heteroatoms. The second-order valence-corrected chi connectivity index (χ2v) is 8.58. The number of aromatic nitrogens is 2. The Hall–Kier alpha value is -0.880. The molecule has 0 spiro atoms. The first-order chi connectivity index (χ1) is 9.91. The zero-order valence-corrected chi connectivity index (χ0v) is 14.1. The molecule has 1 saturated carbocycles. The Balaban J connectivity index is 2.16. The lowest BCUT2D eigenvalue weighted by Gasteiger charge is -2.34. The van der Waals surface area contributed by atoms with Crippen molar-refractivity contribution >= 4 is 9.84 Å². The van der Waals surface area contributed by atoms with E-state index in [0.29, 0.717) is 5.92 Å². The minimum atomic E-state index is -2.94. The predicted octanol–water partition coefficient (Wildman–Crippen LogP) is 2.06. The third-order valence-electron chi connectivity index (χ3n) is 4.44. The van der Waals surface area contributed by atoms with Gasteiger partial charge in [-0.15, -0.1) is 0 Å². The molecule has 1 aliphatic carbocycles. The first-order valence-electron chi connectivity index (χ1n) is 7.82. The van der Waals surface area contributed by atoms with Gasteiger partial charge in [0, 0.05) is 31.1 Å². The van der Waals surface area contributed by atoms with Crippen LogP contribution in [0.1, 0.15) is 50.6 Å². The van der Waals surface area contributed by atoms with Gasteiger partial charge in [0.2, 0.25) is 0 Å². The van der Waals surface area contributed by atoms with E-state index < -0.39 is 9.84 Å². The van der Waals surface area contributed by atoms with Crippen LogP contribution in [0.15, 0.2) is 12.4 Å². The Bertz CT molecular complexity index is 553. The van der Waals surface area contributed by atoms with Crippen LogP contribution < -0.4 is 5.32 Å². The number of hydrogen-bond acceptors (Lipinski definition) is 4. The summed E-state index contributed by atoms with van der Waals surface area (Å²) in [7, 11) is -1.02. The summed E-state index contributed by atoms with van der Waals surface area (Å²) in [6.07, 6.45) is 10.0. The molecule has 0 radical (unpaired) electrons. The van der Waals surface area contributed by atoms with Gasteiger partial charge < -0.3 is 5.32 Å². The Morgan fingerprint density at radius 2 is 2.24 bits per heavy atom. The lowest BCUT2D eigenvalue weighted by atomic mass is 9.81. The van der Waals surface area contributed by atoms with Crippen molar-refractivity contribution in [2.24, 2.45) is 13.0 Å². The van der Waals surface area contributed by atoms with Gasteiger partial charge in [-0.3, -0.25) is 4.68 Å². The molecule has 120 valence electrons. The second-order valence-electron chi connectivity index (χ2n) is 6.26. The molecular formula is C15H27N3O2S. The molecule has 0 amide bonds. The smallest absolute Gasteiger partial charge is 0.150 e. The van der Waals surface area contributed by atoms with Crippen molar-refractivity contribution in [3.05, 3.63) is 18.0 Å². The number of nitrogens with one attached hydrogen (secondary N) is 1. The predicted molar refractivity (Wildman–Crippen MR) is 84.8 cm³/mol. The van der Waals surface area contributed by atoms with Gasteiger partial charge in [-0.05, 0) is 38.1 Å². The molecule has 1 fully saturated rings. The molecule has 0 aromatic carbocycles. The highest BCUT2D eigenvalue weighted by Gasteiger charge is 2.33. The van der Waals surface area contributed by atoms with E-state index in [9.17, 15) is 8.42 Å². The van der Waals surface area contributed by atoms with Crippen LogP contribution in [-0.4, -0.2) is 36.2 Å². The summed E-state index contributed by atoms with van der Waals surface area (Å²) in [5.74, 6) is 0.370. The molecule has 0 aliphatic heterocycles. The summed E-state index contributed by atoms with van der Waals surface area (Å²) < 4.78 is 25.6.